The maximum Gasteiger partial charge on any atom is 0.264 e. The van der Waals surface area contributed by atoms with Crippen LogP contribution in [-0.2, 0) is 40.6 Å². The highest BCUT2D eigenvalue weighted by atomic mass is 32.2. The summed E-state index contributed by atoms with van der Waals surface area (Å²) in [5.41, 5.74) is 5.39. The fourth-order valence-electron chi connectivity index (χ4n) is 6.55. The Hall–Kier alpha value is -4.15. The molecule has 1 aliphatic rings. The van der Waals surface area contributed by atoms with Gasteiger partial charge in [-0.2, -0.15) is 0 Å². The number of fused-ring (bicyclic) bond motifs is 1. The number of aryl methyl sites for hydroxylation is 2. The minimum absolute atomic E-state index is 0.0428. The summed E-state index contributed by atoms with van der Waals surface area (Å²) in [6.45, 7) is 3.94. The van der Waals surface area contributed by atoms with E-state index in [2.05, 4.69) is 29.0 Å². The number of aromatic nitrogens is 1. The third-order valence-corrected chi connectivity index (χ3v) is 10.4. The van der Waals surface area contributed by atoms with Crippen molar-refractivity contribution < 1.29 is 32.2 Å². The second-order valence-corrected chi connectivity index (χ2v) is 13.8. The van der Waals surface area contributed by atoms with Crippen LogP contribution >= 0.6 is 0 Å². The van der Waals surface area contributed by atoms with Gasteiger partial charge in [0.15, 0.2) is 0 Å². The van der Waals surface area contributed by atoms with Gasteiger partial charge in [-0.3, -0.25) is 4.79 Å². The van der Waals surface area contributed by atoms with Crippen molar-refractivity contribution in [1.29, 1.82) is 0 Å². The van der Waals surface area contributed by atoms with E-state index in [9.17, 15) is 22.7 Å². The van der Waals surface area contributed by atoms with E-state index in [0.717, 1.165) is 54.2 Å². The minimum Gasteiger partial charge on any atom is -0.496 e. The van der Waals surface area contributed by atoms with Crippen LogP contribution in [0, 0.1) is 31.5 Å². The Morgan fingerprint density at radius 1 is 1.02 bits per heavy atom. The molecule has 2 atom stereocenters. The van der Waals surface area contributed by atoms with E-state index in [0.29, 0.717) is 30.4 Å². The predicted octanol–water partition coefficient (Wildman–Crippen LogP) is 5.85. The first-order valence-corrected chi connectivity index (χ1v) is 16.9. The lowest BCUT2D eigenvalue weighted by molar-refractivity contribution is -0.119. The lowest BCUT2D eigenvalue weighted by Gasteiger charge is -2.27. The van der Waals surface area contributed by atoms with Crippen LogP contribution < -0.4 is 14.2 Å². The zero-order chi connectivity index (χ0) is 33.0. The average molecular weight is 649 g/mol. The summed E-state index contributed by atoms with van der Waals surface area (Å²) in [6.07, 6.45) is 6.08. The Bertz CT molecular complexity index is 1770. The fourth-order valence-corrected chi connectivity index (χ4v) is 7.79. The van der Waals surface area contributed by atoms with Crippen molar-refractivity contribution in [2.75, 3.05) is 14.2 Å². The topological polar surface area (TPSA) is 107 Å². The highest BCUT2D eigenvalue weighted by molar-refractivity contribution is 7.90. The highest BCUT2D eigenvalue weighted by Gasteiger charge is 2.30. The van der Waals surface area contributed by atoms with Crippen molar-refractivity contribution in [3.63, 3.8) is 0 Å². The number of methoxy groups -OCH3 is 2. The van der Waals surface area contributed by atoms with Crippen molar-refractivity contribution >= 4 is 15.9 Å². The molecule has 0 radical (unpaired) electrons. The number of hydrogen-bond donors (Lipinski definition) is 2. The van der Waals surface area contributed by atoms with Gasteiger partial charge in [0.1, 0.15) is 17.3 Å². The van der Waals surface area contributed by atoms with Crippen molar-refractivity contribution in [2.24, 2.45) is 11.8 Å². The number of halogens is 1. The number of nitrogens with zero attached hydrogens (tertiary/aromatic N) is 1. The van der Waals surface area contributed by atoms with E-state index in [1.165, 1.54) is 18.1 Å². The first-order valence-electron chi connectivity index (χ1n) is 15.4. The number of ether oxygens (including phenoxy) is 2. The van der Waals surface area contributed by atoms with Crippen LogP contribution in [0.4, 0.5) is 4.39 Å². The van der Waals surface area contributed by atoms with Crippen LogP contribution in [-0.4, -0.2) is 38.2 Å². The van der Waals surface area contributed by atoms with Gasteiger partial charge in [0, 0.05) is 36.8 Å². The molecule has 0 saturated heterocycles. The van der Waals surface area contributed by atoms with Crippen LogP contribution in [0.1, 0.15) is 52.3 Å². The molecule has 2 N–H and O–H groups in total. The molecule has 0 spiro atoms. The van der Waals surface area contributed by atoms with E-state index in [1.54, 1.807) is 14.2 Å². The van der Waals surface area contributed by atoms with Crippen molar-refractivity contribution in [2.45, 2.75) is 63.5 Å². The Kier molecular flexibility index (Phi) is 10.2. The molecule has 0 fully saturated rings. The number of carbonyl (C=O) groups is 1. The minimum atomic E-state index is -4.12. The van der Waals surface area contributed by atoms with Gasteiger partial charge in [-0.25, -0.2) is 17.5 Å². The van der Waals surface area contributed by atoms with Crippen molar-refractivity contribution in [3.05, 3.63) is 112 Å². The summed E-state index contributed by atoms with van der Waals surface area (Å²) in [4.78, 5) is 12.5. The number of carbonyl (C=O) groups excluding carboxylic acids is 1. The SMILES string of the molecule is COc1cc([C@@H](O)[C@H](CC2Cc3ccccc3C2)Cn2ccc(CCC(=O)NS(=O)(=O)c3ccc(F)cc3C)c2)cc(OC)c1C. The maximum absolute atomic E-state index is 13.4. The number of aliphatic hydroxyl groups is 1. The lowest BCUT2D eigenvalue weighted by Crippen LogP contribution is -2.31. The summed E-state index contributed by atoms with van der Waals surface area (Å²) in [6, 6.07) is 17.5. The van der Waals surface area contributed by atoms with Gasteiger partial charge < -0.3 is 19.1 Å². The van der Waals surface area contributed by atoms with E-state index >= 15 is 0 Å². The molecule has 4 aromatic rings. The third kappa shape index (κ3) is 7.62. The van der Waals surface area contributed by atoms with E-state index in [4.69, 9.17) is 9.47 Å². The number of amides is 1. The molecule has 0 unspecified atom stereocenters. The van der Waals surface area contributed by atoms with Crippen LogP contribution in [0.25, 0.3) is 0 Å². The molecule has 46 heavy (non-hydrogen) atoms. The summed E-state index contributed by atoms with van der Waals surface area (Å²) in [5, 5.41) is 11.8. The number of sulfonamides is 1. The molecule has 0 aliphatic heterocycles. The molecule has 1 heterocycles. The van der Waals surface area contributed by atoms with Crippen LogP contribution in [0.3, 0.4) is 0 Å². The Balaban J connectivity index is 1.29. The predicted molar refractivity (Wildman–Crippen MR) is 174 cm³/mol. The summed E-state index contributed by atoms with van der Waals surface area (Å²) in [5.74, 6) is 0.361. The van der Waals surface area contributed by atoms with Gasteiger partial charge >= 0.3 is 0 Å². The second-order valence-electron chi connectivity index (χ2n) is 12.2. The summed E-state index contributed by atoms with van der Waals surface area (Å²) >= 11 is 0. The molecule has 5 rings (SSSR count). The van der Waals surface area contributed by atoms with Crippen LogP contribution in [0.5, 0.6) is 11.5 Å². The van der Waals surface area contributed by atoms with Crippen molar-refractivity contribution in [3.8, 4) is 11.5 Å². The quantitative estimate of drug-likeness (QED) is 0.188. The van der Waals surface area contributed by atoms with Gasteiger partial charge in [0.05, 0.1) is 25.2 Å². The number of benzene rings is 3. The lowest BCUT2D eigenvalue weighted by atomic mass is 9.85. The molecule has 3 aromatic carbocycles. The molecule has 10 heteroatoms. The first-order chi connectivity index (χ1) is 22.0. The van der Waals surface area contributed by atoms with Gasteiger partial charge in [-0.1, -0.05) is 24.3 Å². The standard InChI is InChI=1S/C36H41FN2O6S/c1-23-15-31(37)10-11-34(23)46(42,43)38-35(40)12-9-25-13-14-39(21-25)22-30(18-26-16-27-7-5-6-8-28(27)17-26)36(41)29-19-32(44-3)24(2)33(20-29)45-4/h5-8,10-11,13-15,19-21,26,30,36,41H,9,12,16-18,22H2,1-4H3,(H,38,40)/t30-,36-/m1/s1. The number of rotatable bonds is 13. The number of hydrogen-bond acceptors (Lipinski definition) is 6. The van der Waals surface area contributed by atoms with Crippen LogP contribution in [0.2, 0.25) is 0 Å². The molecular formula is C36H41FN2O6S. The Morgan fingerprint density at radius 2 is 1.67 bits per heavy atom. The molecule has 0 bridgehead atoms. The average Bonchev–Trinajstić information content (AvgIpc) is 3.65. The molecule has 244 valence electrons. The molecule has 1 amide bonds. The maximum atomic E-state index is 13.4. The summed E-state index contributed by atoms with van der Waals surface area (Å²) in [7, 11) is -0.913. The normalized spacial score (nSPS) is 14.5. The number of aliphatic hydroxyl groups excluding tert-OH is 1. The Morgan fingerprint density at radius 3 is 2.28 bits per heavy atom. The summed E-state index contributed by atoms with van der Waals surface area (Å²) < 4.78 is 54.1. The molecule has 8 nitrogen and oxygen atoms in total. The molecule has 0 saturated carbocycles. The molecule has 1 aromatic heterocycles. The Labute approximate surface area is 270 Å². The third-order valence-electron chi connectivity index (χ3n) is 8.91. The molecular weight excluding hydrogens is 607 g/mol. The molecule has 1 aliphatic carbocycles. The van der Waals surface area contributed by atoms with Crippen LogP contribution in [0.15, 0.2) is 78.0 Å². The highest BCUT2D eigenvalue weighted by Crippen LogP contribution is 2.39. The zero-order valence-corrected chi connectivity index (χ0v) is 27.4. The first kappa shape index (κ1) is 33.2. The number of nitrogens with one attached hydrogen (secondary N) is 1. The van der Waals surface area contributed by atoms with Crippen molar-refractivity contribution in [1.82, 2.24) is 9.29 Å². The zero-order valence-electron chi connectivity index (χ0n) is 26.6. The monoisotopic (exact) mass is 648 g/mol. The van der Waals surface area contributed by atoms with Gasteiger partial charge in [-0.15, -0.1) is 0 Å². The van der Waals surface area contributed by atoms with Gasteiger partial charge in [0.25, 0.3) is 10.0 Å². The van der Waals surface area contributed by atoms with Gasteiger partial charge in [0.2, 0.25) is 5.91 Å². The van der Waals surface area contributed by atoms with E-state index in [-0.39, 0.29) is 22.8 Å². The fraction of sp³-hybridized carbons (Fsp3) is 0.361. The smallest absolute Gasteiger partial charge is 0.264 e. The second kappa shape index (κ2) is 14.1. The van der Waals surface area contributed by atoms with Gasteiger partial charge in [-0.05, 0) is 110 Å². The van der Waals surface area contributed by atoms with E-state index in [1.807, 2.05) is 42.1 Å². The largest absolute Gasteiger partial charge is 0.496 e. The van der Waals surface area contributed by atoms with E-state index < -0.39 is 27.9 Å².